The summed E-state index contributed by atoms with van der Waals surface area (Å²) in [6, 6.07) is 12.5. The molecule has 0 radical (unpaired) electrons. The van der Waals surface area contributed by atoms with Gasteiger partial charge in [-0.25, -0.2) is 9.18 Å². The summed E-state index contributed by atoms with van der Waals surface area (Å²) in [6.07, 6.45) is 1.54. The van der Waals surface area contributed by atoms with Crippen LogP contribution in [0.3, 0.4) is 0 Å². The third kappa shape index (κ3) is 3.13. The van der Waals surface area contributed by atoms with Crippen LogP contribution >= 0.6 is 11.6 Å². The zero-order valence-electron chi connectivity index (χ0n) is 14.1. The number of carbonyl (C=O) groups is 2. The van der Waals surface area contributed by atoms with Crippen LogP contribution in [0.25, 0.3) is 6.08 Å². The van der Waals surface area contributed by atoms with E-state index in [1.807, 2.05) is 0 Å². The molecule has 2 aromatic carbocycles. The van der Waals surface area contributed by atoms with E-state index >= 15 is 0 Å². The molecule has 0 aliphatic carbocycles. The van der Waals surface area contributed by atoms with Gasteiger partial charge in [0.1, 0.15) is 5.82 Å². The predicted octanol–water partition coefficient (Wildman–Crippen LogP) is 4.36. The van der Waals surface area contributed by atoms with Crippen molar-refractivity contribution in [1.82, 2.24) is 0 Å². The molecule has 0 saturated heterocycles. The molecule has 4 nitrogen and oxygen atoms in total. The molecule has 0 N–H and O–H groups in total. The molecule has 26 heavy (non-hydrogen) atoms. The van der Waals surface area contributed by atoms with Crippen molar-refractivity contribution >= 4 is 35.2 Å². The molecule has 1 aliphatic heterocycles. The van der Waals surface area contributed by atoms with E-state index in [1.54, 1.807) is 31.2 Å². The zero-order valence-corrected chi connectivity index (χ0v) is 14.9. The standard InChI is InChI=1S/C20H15ClFNO3/c1-12-18(20(25)26-2)15(11-13-7-9-14(22)10-8-13)19(24)23(12)17-6-4-3-5-16(17)21/h3-11H,1-2H3/b15-11-. The second kappa shape index (κ2) is 7.14. The molecule has 0 saturated carbocycles. The van der Waals surface area contributed by atoms with Crippen molar-refractivity contribution in [3.05, 3.63) is 81.8 Å². The number of anilines is 1. The number of para-hydroxylation sites is 1. The van der Waals surface area contributed by atoms with E-state index in [1.165, 1.54) is 42.4 Å². The van der Waals surface area contributed by atoms with Crippen molar-refractivity contribution in [2.75, 3.05) is 12.0 Å². The van der Waals surface area contributed by atoms with Gasteiger partial charge in [-0.05, 0) is 42.8 Å². The van der Waals surface area contributed by atoms with Crippen molar-refractivity contribution < 1.29 is 18.7 Å². The van der Waals surface area contributed by atoms with Crippen LogP contribution < -0.4 is 4.90 Å². The molecule has 1 aliphatic rings. The Morgan fingerprint density at radius 3 is 2.42 bits per heavy atom. The third-order valence-corrected chi connectivity index (χ3v) is 4.38. The van der Waals surface area contributed by atoms with Gasteiger partial charge < -0.3 is 4.74 Å². The molecule has 0 aromatic heterocycles. The minimum Gasteiger partial charge on any atom is -0.465 e. The maximum atomic E-state index is 13.1. The number of methoxy groups -OCH3 is 1. The third-order valence-electron chi connectivity index (χ3n) is 4.06. The maximum Gasteiger partial charge on any atom is 0.340 e. The van der Waals surface area contributed by atoms with Crippen molar-refractivity contribution in [3.8, 4) is 0 Å². The number of allylic oxidation sites excluding steroid dienone is 1. The number of carbonyl (C=O) groups excluding carboxylic acids is 2. The maximum absolute atomic E-state index is 13.1. The normalized spacial score (nSPS) is 15.8. The largest absolute Gasteiger partial charge is 0.465 e. The first-order chi connectivity index (χ1) is 12.4. The van der Waals surface area contributed by atoms with Crippen LogP contribution in [0.4, 0.5) is 10.1 Å². The Balaban J connectivity index is 2.16. The van der Waals surface area contributed by atoms with Gasteiger partial charge in [0.15, 0.2) is 0 Å². The number of amides is 1. The molecule has 132 valence electrons. The van der Waals surface area contributed by atoms with E-state index in [-0.39, 0.29) is 17.0 Å². The van der Waals surface area contributed by atoms with Gasteiger partial charge >= 0.3 is 5.97 Å². The molecule has 0 spiro atoms. The molecular formula is C20H15ClFNO3. The van der Waals surface area contributed by atoms with Gasteiger partial charge in [-0.2, -0.15) is 0 Å². The van der Waals surface area contributed by atoms with Crippen LogP contribution in [0.1, 0.15) is 12.5 Å². The molecular weight excluding hydrogens is 357 g/mol. The topological polar surface area (TPSA) is 46.6 Å². The number of rotatable bonds is 3. The van der Waals surface area contributed by atoms with Crippen LogP contribution in [0, 0.1) is 5.82 Å². The number of hydrogen-bond acceptors (Lipinski definition) is 3. The first-order valence-electron chi connectivity index (χ1n) is 7.80. The van der Waals surface area contributed by atoms with Crippen LogP contribution in [-0.4, -0.2) is 19.0 Å². The SMILES string of the molecule is COC(=O)C1=C(C)N(c2ccccc2Cl)C(=O)/C1=C\c1ccc(F)cc1. The van der Waals surface area contributed by atoms with Gasteiger partial charge in [0.05, 0.1) is 29.0 Å². The summed E-state index contributed by atoms with van der Waals surface area (Å²) in [6.45, 7) is 1.65. The number of ether oxygens (including phenoxy) is 1. The fraction of sp³-hybridized carbons (Fsp3) is 0.100. The van der Waals surface area contributed by atoms with Gasteiger partial charge in [-0.15, -0.1) is 0 Å². The average Bonchev–Trinajstić information content (AvgIpc) is 2.87. The van der Waals surface area contributed by atoms with Crippen LogP contribution in [-0.2, 0) is 14.3 Å². The van der Waals surface area contributed by atoms with E-state index in [4.69, 9.17) is 16.3 Å². The van der Waals surface area contributed by atoms with E-state index in [2.05, 4.69) is 0 Å². The summed E-state index contributed by atoms with van der Waals surface area (Å²) in [4.78, 5) is 26.7. The molecule has 1 heterocycles. The van der Waals surface area contributed by atoms with Gasteiger partial charge in [-0.1, -0.05) is 35.9 Å². The summed E-state index contributed by atoms with van der Waals surface area (Å²) in [5.41, 5.74) is 1.80. The Morgan fingerprint density at radius 1 is 1.15 bits per heavy atom. The Bertz CT molecular complexity index is 948. The number of hydrogen-bond donors (Lipinski definition) is 0. The summed E-state index contributed by atoms with van der Waals surface area (Å²) < 4.78 is 18.0. The highest BCUT2D eigenvalue weighted by molar-refractivity contribution is 6.35. The highest BCUT2D eigenvalue weighted by atomic mass is 35.5. The number of halogens is 2. The Labute approximate surface area is 155 Å². The van der Waals surface area contributed by atoms with Gasteiger partial charge in [0, 0.05) is 5.70 Å². The lowest BCUT2D eigenvalue weighted by Gasteiger charge is -2.19. The van der Waals surface area contributed by atoms with Crippen molar-refractivity contribution in [2.45, 2.75) is 6.92 Å². The fourth-order valence-electron chi connectivity index (χ4n) is 2.83. The Kier molecular flexibility index (Phi) is 4.91. The summed E-state index contributed by atoms with van der Waals surface area (Å²) in [5, 5.41) is 0.382. The number of nitrogens with zero attached hydrogens (tertiary/aromatic N) is 1. The molecule has 6 heteroatoms. The van der Waals surface area contributed by atoms with Crippen LogP contribution in [0.5, 0.6) is 0 Å². The lowest BCUT2D eigenvalue weighted by molar-refractivity contribution is -0.136. The summed E-state index contributed by atoms with van der Waals surface area (Å²) >= 11 is 6.23. The summed E-state index contributed by atoms with van der Waals surface area (Å²) in [5.74, 6) is -1.42. The molecule has 0 unspecified atom stereocenters. The highest BCUT2D eigenvalue weighted by Crippen LogP contribution is 2.38. The minimum absolute atomic E-state index is 0.154. The molecule has 2 aromatic rings. The number of esters is 1. The second-order valence-corrected chi connectivity index (χ2v) is 6.06. The van der Waals surface area contributed by atoms with Crippen molar-refractivity contribution in [2.24, 2.45) is 0 Å². The zero-order chi connectivity index (χ0) is 18.8. The van der Waals surface area contributed by atoms with Crippen LogP contribution in [0.2, 0.25) is 5.02 Å². The van der Waals surface area contributed by atoms with Gasteiger partial charge in [-0.3, -0.25) is 9.69 Å². The van der Waals surface area contributed by atoms with Crippen molar-refractivity contribution in [1.29, 1.82) is 0 Å². The summed E-state index contributed by atoms with van der Waals surface area (Å²) in [7, 11) is 1.25. The average molecular weight is 372 g/mol. The molecule has 0 bridgehead atoms. The quantitative estimate of drug-likeness (QED) is 0.595. The Hall–Kier alpha value is -2.92. The second-order valence-electron chi connectivity index (χ2n) is 5.65. The van der Waals surface area contributed by atoms with Gasteiger partial charge in [0.2, 0.25) is 0 Å². The molecule has 0 atom stereocenters. The van der Waals surface area contributed by atoms with E-state index in [9.17, 15) is 14.0 Å². The monoisotopic (exact) mass is 371 g/mol. The smallest absolute Gasteiger partial charge is 0.340 e. The fourth-order valence-corrected chi connectivity index (χ4v) is 3.05. The van der Waals surface area contributed by atoms with Crippen LogP contribution in [0.15, 0.2) is 65.4 Å². The molecule has 3 rings (SSSR count). The van der Waals surface area contributed by atoms with Crippen molar-refractivity contribution in [3.63, 3.8) is 0 Å². The van der Waals surface area contributed by atoms with E-state index < -0.39 is 11.9 Å². The lowest BCUT2D eigenvalue weighted by atomic mass is 10.0. The van der Waals surface area contributed by atoms with E-state index in [0.717, 1.165) is 0 Å². The predicted molar refractivity (Wildman–Crippen MR) is 98.0 cm³/mol. The van der Waals surface area contributed by atoms with Gasteiger partial charge in [0.25, 0.3) is 5.91 Å². The molecule has 0 fully saturated rings. The molecule has 1 amide bonds. The Morgan fingerprint density at radius 2 is 1.81 bits per heavy atom. The lowest BCUT2D eigenvalue weighted by Crippen LogP contribution is -2.24. The number of benzene rings is 2. The van der Waals surface area contributed by atoms with E-state index in [0.29, 0.717) is 22.0 Å². The first kappa shape index (κ1) is 17.9. The highest BCUT2D eigenvalue weighted by Gasteiger charge is 2.38. The first-order valence-corrected chi connectivity index (χ1v) is 8.17. The minimum atomic E-state index is -0.626.